The van der Waals surface area contributed by atoms with E-state index < -0.39 is 17.8 Å². The molecule has 1 saturated carbocycles. The van der Waals surface area contributed by atoms with Crippen molar-refractivity contribution in [1.29, 1.82) is 0 Å². The maximum Gasteiger partial charge on any atom is 0.333 e. The van der Waals surface area contributed by atoms with Crippen LogP contribution in [0.4, 0.5) is 0 Å². The molecule has 5 nitrogen and oxygen atoms in total. The number of hydrogen-bond donors (Lipinski definition) is 0. The molecule has 96 valence electrons. The standard InChI is InChI=1S/C13H15NO4/c15-11-3-4-12(16)14(11)18-13(17)7-10-6-8-1-2-9(10)5-8/h1-2,8-10H,3-7H2/t8-,9-,10+/m0/s1. The maximum atomic E-state index is 11.7. The number of imide groups is 1. The Bertz CT molecular complexity index is 426. The minimum absolute atomic E-state index is 0.142. The molecule has 2 amide bonds. The van der Waals surface area contributed by atoms with Crippen LogP contribution in [-0.2, 0) is 19.2 Å². The summed E-state index contributed by atoms with van der Waals surface area (Å²) in [5, 5.41) is 0.630. The van der Waals surface area contributed by atoms with Gasteiger partial charge in [0.2, 0.25) is 0 Å². The van der Waals surface area contributed by atoms with Crippen LogP contribution in [0.1, 0.15) is 32.1 Å². The van der Waals surface area contributed by atoms with Gasteiger partial charge in [-0.3, -0.25) is 9.59 Å². The molecule has 1 saturated heterocycles. The first-order valence-electron chi connectivity index (χ1n) is 6.38. The van der Waals surface area contributed by atoms with Crippen molar-refractivity contribution in [2.24, 2.45) is 17.8 Å². The number of nitrogens with zero attached hydrogens (tertiary/aromatic N) is 1. The molecule has 18 heavy (non-hydrogen) atoms. The quantitative estimate of drug-likeness (QED) is 0.557. The first kappa shape index (κ1) is 11.4. The SMILES string of the molecule is O=C(C[C@H]1C[C@H]2C=C[C@H]1C2)ON1C(=O)CCC1=O. The lowest BCUT2D eigenvalue weighted by Crippen LogP contribution is -2.32. The van der Waals surface area contributed by atoms with Gasteiger partial charge in [-0.2, -0.15) is 0 Å². The molecule has 1 heterocycles. The first-order valence-corrected chi connectivity index (χ1v) is 6.38. The molecule has 2 aliphatic carbocycles. The van der Waals surface area contributed by atoms with Crippen LogP contribution >= 0.6 is 0 Å². The molecule has 0 aromatic heterocycles. The molecule has 0 aromatic rings. The van der Waals surface area contributed by atoms with E-state index in [1.807, 2.05) is 0 Å². The van der Waals surface area contributed by atoms with Gasteiger partial charge in [-0.05, 0) is 30.6 Å². The van der Waals surface area contributed by atoms with Crippen LogP contribution in [0.5, 0.6) is 0 Å². The smallest absolute Gasteiger partial charge is 0.330 e. The number of allylic oxidation sites excluding steroid dienone is 2. The second kappa shape index (κ2) is 4.23. The van der Waals surface area contributed by atoms with Crippen molar-refractivity contribution in [3.63, 3.8) is 0 Å². The van der Waals surface area contributed by atoms with Gasteiger partial charge in [-0.15, -0.1) is 5.06 Å². The van der Waals surface area contributed by atoms with Gasteiger partial charge in [0.05, 0.1) is 6.42 Å². The third-order valence-corrected chi connectivity index (χ3v) is 4.04. The normalized spacial score (nSPS) is 33.6. The van der Waals surface area contributed by atoms with E-state index in [2.05, 4.69) is 12.2 Å². The van der Waals surface area contributed by atoms with E-state index in [1.165, 1.54) is 0 Å². The molecule has 2 bridgehead atoms. The average molecular weight is 249 g/mol. The Balaban J connectivity index is 1.55. The zero-order chi connectivity index (χ0) is 12.7. The van der Waals surface area contributed by atoms with Gasteiger partial charge in [0.1, 0.15) is 0 Å². The summed E-state index contributed by atoms with van der Waals surface area (Å²) in [5.41, 5.74) is 0. The lowest BCUT2D eigenvalue weighted by Gasteiger charge is -2.18. The van der Waals surface area contributed by atoms with Crippen molar-refractivity contribution in [2.45, 2.75) is 32.1 Å². The van der Waals surface area contributed by atoms with Crippen LogP contribution < -0.4 is 0 Å². The summed E-state index contributed by atoms with van der Waals surface area (Å²) < 4.78 is 0. The fourth-order valence-electron chi connectivity index (χ4n) is 3.14. The molecular formula is C13H15NO4. The molecule has 0 spiro atoms. The van der Waals surface area contributed by atoms with Crippen LogP contribution in [0.15, 0.2) is 12.2 Å². The van der Waals surface area contributed by atoms with Crippen LogP contribution in [0.3, 0.4) is 0 Å². The molecular weight excluding hydrogens is 234 g/mol. The Morgan fingerprint density at radius 2 is 1.94 bits per heavy atom. The third kappa shape index (κ3) is 1.94. The van der Waals surface area contributed by atoms with Gasteiger partial charge in [0, 0.05) is 12.8 Å². The minimum atomic E-state index is -0.468. The predicted octanol–water partition coefficient (Wildman–Crippen LogP) is 1.20. The molecule has 3 atom stereocenters. The molecule has 0 N–H and O–H groups in total. The third-order valence-electron chi connectivity index (χ3n) is 4.04. The van der Waals surface area contributed by atoms with Crippen molar-refractivity contribution in [3.8, 4) is 0 Å². The van der Waals surface area contributed by atoms with Gasteiger partial charge < -0.3 is 4.84 Å². The van der Waals surface area contributed by atoms with Crippen LogP contribution in [-0.4, -0.2) is 22.8 Å². The Morgan fingerprint density at radius 1 is 1.22 bits per heavy atom. The van der Waals surface area contributed by atoms with E-state index in [0.29, 0.717) is 29.2 Å². The fourth-order valence-corrected chi connectivity index (χ4v) is 3.14. The van der Waals surface area contributed by atoms with E-state index in [-0.39, 0.29) is 12.8 Å². The Kier molecular flexibility index (Phi) is 2.69. The zero-order valence-electron chi connectivity index (χ0n) is 10.0. The lowest BCUT2D eigenvalue weighted by molar-refractivity contribution is -0.198. The van der Waals surface area contributed by atoms with E-state index in [4.69, 9.17) is 4.84 Å². The maximum absolute atomic E-state index is 11.7. The van der Waals surface area contributed by atoms with Gasteiger partial charge in [-0.25, -0.2) is 4.79 Å². The van der Waals surface area contributed by atoms with Crippen molar-refractivity contribution in [2.75, 3.05) is 0 Å². The minimum Gasteiger partial charge on any atom is -0.330 e. The molecule has 3 aliphatic rings. The van der Waals surface area contributed by atoms with Gasteiger partial charge in [0.25, 0.3) is 11.8 Å². The highest BCUT2D eigenvalue weighted by Crippen LogP contribution is 2.45. The van der Waals surface area contributed by atoms with E-state index in [9.17, 15) is 14.4 Å². The molecule has 0 unspecified atom stereocenters. The summed E-state index contributed by atoms with van der Waals surface area (Å²) >= 11 is 0. The predicted molar refractivity (Wildman–Crippen MR) is 60.6 cm³/mol. The lowest BCUT2D eigenvalue weighted by atomic mass is 9.91. The monoisotopic (exact) mass is 249 g/mol. The highest BCUT2D eigenvalue weighted by Gasteiger charge is 2.38. The Labute approximate surface area is 105 Å². The number of hydroxylamine groups is 2. The summed E-state index contributed by atoms with van der Waals surface area (Å²) in [4.78, 5) is 39.2. The van der Waals surface area contributed by atoms with Crippen LogP contribution in [0.2, 0.25) is 0 Å². The molecule has 0 radical (unpaired) electrons. The summed E-state index contributed by atoms with van der Waals surface area (Å²) in [6.45, 7) is 0. The summed E-state index contributed by atoms with van der Waals surface area (Å²) in [7, 11) is 0. The molecule has 0 aromatic carbocycles. The van der Waals surface area contributed by atoms with Crippen LogP contribution in [0, 0.1) is 17.8 Å². The van der Waals surface area contributed by atoms with Crippen LogP contribution in [0.25, 0.3) is 0 Å². The van der Waals surface area contributed by atoms with Gasteiger partial charge in [-0.1, -0.05) is 12.2 Å². The highest BCUT2D eigenvalue weighted by molar-refractivity contribution is 6.01. The topological polar surface area (TPSA) is 63.7 Å². The van der Waals surface area contributed by atoms with Crippen molar-refractivity contribution < 1.29 is 19.2 Å². The van der Waals surface area contributed by atoms with Crippen molar-refractivity contribution in [1.82, 2.24) is 5.06 Å². The number of fused-ring (bicyclic) bond motifs is 2. The molecule has 2 fully saturated rings. The van der Waals surface area contributed by atoms with Crippen molar-refractivity contribution in [3.05, 3.63) is 12.2 Å². The number of rotatable bonds is 3. The second-order valence-electron chi connectivity index (χ2n) is 5.29. The number of hydrogen-bond acceptors (Lipinski definition) is 4. The zero-order valence-corrected chi connectivity index (χ0v) is 10.0. The number of carbonyl (C=O) groups excluding carboxylic acids is 3. The highest BCUT2D eigenvalue weighted by atomic mass is 16.7. The summed E-state index contributed by atoms with van der Waals surface area (Å²) in [6.07, 6.45) is 7.09. The number of carbonyl (C=O) groups is 3. The molecule has 1 aliphatic heterocycles. The largest absolute Gasteiger partial charge is 0.333 e. The second-order valence-corrected chi connectivity index (χ2v) is 5.29. The summed E-state index contributed by atoms with van der Waals surface area (Å²) in [5.74, 6) is 0.0719. The fraction of sp³-hybridized carbons (Fsp3) is 0.615. The van der Waals surface area contributed by atoms with Gasteiger partial charge >= 0.3 is 5.97 Å². The van der Waals surface area contributed by atoms with E-state index >= 15 is 0 Å². The Morgan fingerprint density at radius 3 is 2.50 bits per heavy atom. The molecule has 3 rings (SSSR count). The van der Waals surface area contributed by atoms with Crippen molar-refractivity contribution >= 4 is 17.8 Å². The average Bonchev–Trinajstić information content (AvgIpc) is 3.00. The Hall–Kier alpha value is -1.65. The summed E-state index contributed by atoms with van der Waals surface area (Å²) in [6, 6.07) is 0. The van der Waals surface area contributed by atoms with E-state index in [0.717, 1.165) is 12.8 Å². The first-order chi connectivity index (χ1) is 8.63. The van der Waals surface area contributed by atoms with E-state index in [1.54, 1.807) is 0 Å². The molecule has 5 heteroatoms. The van der Waals surface area contributed by atoms with Gasteiger partial charge in [0.15, 0.2) is 0 Å². The number of amides is 2.